The predicted octanol–water partition coefficient (Wildman–Crippen LogP) is 3.74. The van der Waals surface area contributed by atoms with Gasteiger partial charge >= 0.3 is 6.03 Å². The molecule has 2 heterocycles. The van der Waals surface area contributed by atoms with E-state index in [2.05, 4.69) is 10.6 Å². The summed E-state index contributed by atoms with van der Waals surface area (Å²) in [5, 5.41) is 5.89. The second kappa shape index (κ2) is 13.3. The highest BCUT2D eigenvalue weighted by atomic mass is 16.2. The molecule has 5 rings (SSSR count). The first kappa shape index (κ1) is 37.9. The molecule has 12 nitrogen and oxygen atoms in total. The maximum Gasteiger partial charge on any atom is 0.315 e. The van der Waals surface area contributed by atoms with Gasteiger partial charge in [-0.05, 0) is 71.5 Å². The Morgan fingerprint density at radius 3 is 1.98 bits per heavy atom. The molecule has 2 saturated heterocycles. The Kier molecular flexibility index (Phi) is 10.1. The smallest absolute Gasteiger partial charge is 0.315 e. The van der Waals surface area contributed by atoms with E-state index in [0.717, 1.165) is 38.5 Å². The molecule has 0 aromatic carbocycles. The van der Waals surface area contributed by atoms with Gasteiger partial charge in [0.15, 0.2) is 5.78 Å². The van der Waals surface area contributed by atoms with E-state index in [1.165, 1.54) is 4.90 Å². The lowest BCUT2D eigenvalue weighted by Crippen LogP contribution is -2.62. The number of likely N-dealkylation sites (tertiary alicyclic amines) is 2. The largest absolute Gasteiger partial charge is 0.363 e. The van der Waals surface area contributed by atoms with Crippen molar-refractivity contribution in [2.24, 2.45) is 51.1 Å². The number of nitrogens with zero attached hydrogens (tertiary/aromatic N) is 2. The van der Waals surface area contributed by atoms with E-state index in [1.54, 1.807) is 4.90 Å². The summed E-state index contributed by atoms with van der Waals surface area (Å²) in [4.78, 5) is 96.3. The molecular weight excluding hydrogens is 638 g/mol. The summed E-state index contributed by atoms with van der Waals surface area (Å²) in [6, 6.07) is -2.95. The van der Waals surface area contributed by atoms with Crippen LogP contribution in [0.15, 0.2) is 0 Å². The van der Waals surface area contributed by atoms with Crippen molar-refractivity contribution in [1.29, 1.82) is 0 Å². The summed E-state index contributed by atoms with van der Waals surface area (Å²) < 4.78 is 0. The number of fused-ring (bicyclic) bond motifs is 2. The summed E-state index contributed by atoms with van der Waals surface area (Å²) in [6.45, 7) is 15.5. The summed E-state index contributed by atoms with van der Waals surface area (Å²) >= 11 is 0. The van der Waals surface area contributed by atoms with E-state index in [0.29, 0.717) is 18.9 Å². The van der Waals surface area contributed by atoms with Crippen molar-refractivity contribution in [3.8, 4) is 0 Å². The molecule has 50 heavy (non-hydrogen) atoms. The fourth-order valence-electron chi connectivity index (χ4n) is 8.86. The van der Waals surface area contributed by atoms with Crippen LogP contribution >= 0.6 is 0 Å². The van der Waals surface area contributed by atoms with Gasteiger partial charge in [0.05, 0.1) is 12.1 Å². The first-order valence-corrected chi connectivity index (χ1v) is 18.6. The van der Waals surface area contributed by atoms with Crippen molar-refractivity contribution in [1.82, 2.24) is 20.4 Å². The van der Waals surface area contributed by atoms with Gasteiger partial charge in [-0.15, -0.1) is 0 Å². The van der Waals surface area contributed by atoms with Crippen molar-refractivity contribution >= 4 is 41.2 Å². The van der Waals surface area contributed by atoms with Crippen LogP contribution in [-0.4, -0.2) is 82.2 Å². The Morgan fingerprint density at radius 1 is 0.880 bits per heavy atom. The third-order valence-corrected chi connectivity index (χ3v) is 12.3. The minimum atomic E-state index is -1.03. The number of hydrogen-bond donors (Lipinski definition) is 3. The Bertz CT molecular complexity index is 1410. The number of carbonyl (C=O) groups excluding carboxylic acids is 7. The number of rotatable bonds is 12. The summed E-state index contributed by atoms with van der Waals surface area (Å²) in [6.07, 6.45) is 6.66. The fraction of sp³-hybridized carbons (Fsp3) is 0.816. The molecule has 6 atom stereocenters. The lowest BCUT2D eigenvalue weighted by molar-refractivity contribution is -0.153. The third-order valence-electron chi connectivity index (χ3n) is 12.3. The minimum Gasteiger partial charge on any atom is -0.363 e. The number of Topliss-reactive ketones (excluding diaryl/α,β-unsaturated/α-hetero) is 2. The van der Waals surface area contributed by atoms with Crippen LogP contribution in [0.25, 0.3) is 0 Å². The molecule has 0 radical (unpaired) electrons. The molecule has 2 aliphatic heterocycles. The second-order valence-corrected chi connectivity index (χ2v) is 19.1. The van der Waals surface area contributed by atoms with E-state index < -0.39 is 58.0 Å². The van der Waals surface area contributed by atoms with Crippen LogP contribution in [-0.2, 0) is 28.8 Å². The molecule has 0 bridgehead atoms. The van der Waals surface area contributed by atoms with Crippen LogP contribution in [0.1, 0.15) is 120 Å². The molecular formula is C38H59N5O7. The zero-order chi connectivity index (χ0) is 37.1. The van der Waals surface area contributed by atoms with Crippen molar-refractivity contribution in [2.45, 2.75) is 138 Å². The number of urea groups is 1. The van der Waals surface area contributed by atoms with Gasteiger partial charge in [-0.1, -0.05) is 68.2 Å². The van der Waals surface area contributed by atoms with Crippen molar-refractivity contribution in [3.63, 3.8) is 0 Å². The molecule has 4 N–H and O–H groups in total. The molecule has 5 aliphatic rings. The van der Waals surface area contributed by atoms with Gasteiger partial charge in [0.1, 0.15) is 6.04 Å². The third kappa shape index (κ3) is 8.09. The van der Waals surface area contributed by atoms with Crippen LogP contribution in [0.2, 0.25) is 0 Å². The van der Waals surface area contributed by atoms with Crippen LogP contribution in [0.4, 0.5) is 4.79 Å². The van der Waals surface area contributed by atoms with E-state index in [1.807, 2.05) is 55.4 Å². The number of piperidine rings is 1. The molecule has 1 unspecified atom stereocenters. The molecule has 6 amide bonds. The zero-order valence-corrected chi connectivity index (χ0v) is 31.4. The molecule has 12 heteroatoms. The number of carbonyl (C=O) groups is 7. The lowest BCUT2D eigenvalue weighted by atomic mass is 9.80. The normalized spacial score (nSPS) is 27.4. The van der Waals surface area contributed by atoms with Crippen LogP contribution in [0, 0.1) is 45.3 Å². The van der Waals surface area contributed by atoms with Gasteiger partial charge in [-0.25, -0.2) is 4.79 Å². The van der Waals surface area contributed by atoms with E-state index in [-0.39, 0.29) is 66.6 Å². The van der Waals surface area contributed by atoms with E-state index in [4.69, 9.17) is 5.73 Å². The molecule has 1 spiro atoms. The Labute approximate surface area is 296 Å². The van der Waals surface area contributed by atoms with E-state index >= 15 is 0 Å². The minimum absolute atomic E-state index is 0.0129. The lowest BCUT2D eigenvalue weighted by Gasteiger charge is -2.40. The standard InChI is InChI=1S/C38H59N5O7/c1-35(2,3)26(20-42-27(45)17-37(7,8)18-28(42)46)40-34(50)41-31(36(4,5)6)33(49)43-19-24-23(11-12-38(24)13-14-38)29(43)25(44)16-22(15-21-9-10-21)30(47)32(39)48/h21-24,26,29,31H,9-20H2,1-8H3,(H2,39,48)(H2,40,41,50)/t22?,23-,24-,26+,29-,31+/m0/s1. The van der Waals surface area contributed by atoms with E-state index in [9.17, 15) is 33.6 Å². The topological polar surface area (TPSA) is 176 Å². The van der Waals surface area contributed by atoms with Crippen molar-refractivity contribution in [2.75, 3.05) is 13.1 Å². The molecule has 3 aliphatic carbocycles. The van der Waals surface area contributed by atoms with Gasteiger partial charge in [-0.2, -0.15) is 0 Å². The number of primary amides is 1. The average Bonchev–Trinajstić information content (AvgIpc) is 3.88. The van der Waals surface area contributed by atoms with Crippen LogP contribution in [0.3, 0.4) is 0 Å². The van der Waals surface area contributed by atoms with Gasteiger partial charge < -0.3 is 21.3 Å². The molecule has 5 fully saturated rings. The molecule has 0 aromatic rings. The Balaban J connectivity index is 1.35. The number of ketones is 2. The SMILES string of the molecule is CC1(C)CC(=O)N(C[C@@H](NC(=O)N[C@H](C(=O)N2C[C@H]3[C@H](CCC34CC4)[C@H]2C(=O)CC(CC2CC2)C(=O)C(N)=O)C(C)(C)C)C(C)(C)C)C(=O)C1. The molecule has 3 saturated carbocycles. The summed E-state index contributed by atoms with van der Waals surface area (Å²) in [7, 11) is 0. The van der Waals surface area contributed by atoms with Gasteiger partial charge in [0.2, 0.25) is 23.5 Å². The first-order chi connectivity index (χ1) is 23.0. The number of nitrogens with one attached hydrogen (secondary N) is 2. The summed E-state index contributed by atoms with van der Waals surface area (Å²) in [5.41, 5.74) is 3.83. The number of nitrogens with two attached hydrogens (primary N) is 1. The maximum absolute atomic E-state index is 14.7. The Hall–Kier alpha value is -3.31. The fourth-order valence-corrected chi connectivity index (χ4v) is 8.86. The molecule has 278 valence electrons. The van der Waals surface area contributed by atoms with Crippen LogP contribution < -0.4 is 16.4 Å². The highest BCUT2D eigenvalue weighted by Crippen LogP contribution is 2.66. The van der Waals surface area contributed by atoms with Gasteiger partial charge in [0.25, 0.3) is 5.91 Å². The maximum atomic E-state index is 14.7. The Morgan fingerprint density at radius 2 is 1.48 bits per heavy atom. The number of hydrogen-bond acceptors (Lipinski definition) is 7. The van der Waals surface area contributed by atoms with Crippen molar-refractivity contribution < 1.29 is 33.6 Å². The van der Waals surface area contributed by atoms with Gasteiger partial charge in [0, 0.05) is 38.3 Å². The quantitative estimate of drug-likeness (QED) is 0.206. The van der Waals surface area contributed by atoms with Crippen LogP contribution in [0.5, 0.6) is 0 Å². The van der Waals surface area contributed by atoms with Crippen molar-refractivity contribution in [3.05, 3.63) is 0 Å². The number of imide groups is 1. The second-order valence-electron chi connectivity index (χ2n) is 19.1. The molecule has 0 aromatic heterocycles. The first-order valence-electron chi connectivity index (χ1n) is 18.6. The average molecular weight is 698 g/mol. The number of amides is 6. The summed E-state index contributed by atoms with van der Waals surface area (Å²) in [5.74, 6) is -3.24. The highest BCUT2D eigenvalue weighted by molar-refractivity contribution is 6.36. The highest BCUT2D eigenvalue weighted by Gasteiger charge is 2.64. The van der Waals surface area contributed by atoms with Gasteiger partial charge in [-0.3, -0.25) is 33.7 Å². The zero-order valence-electron chi connectivity index (χ0n) is 31.4. The monoisotopic (exact) mass is 697 g/mol. The predicted molar refractivity (Wildman–Crippen MR) is 186 cm³/mol.